The molecule has 1 aliphatic rings. The summed E-state index contributed by atoms with van der Waals surface area (Å²) in [5.74, 6) is -6.87. The van der Waals surface area contributed by atoms with Crippen molar-refractivity contribution in [2.24, 2.45) is 11.8 Å². The Hall–Kier alpha value is -3.34. The molecule has 2 aromatic carbocycles. The van der Waals surface area contributed by atoms with Crippen LogP contribution >= 0.6 is 0 Å². The Kier molecular flexibility index (Phi) is 9.73. The molecule has 0 amide bonds. The van der Waals surface area contributed by atoms with Gasteiger partial charge in [0.15, 0.2) is 17.3 Å². The van der Waals surface area contributed by atoms with Gasteiger partial charge in [-0.1, -0.05) is 24.3 Å². The van der Waals surface area contributed by atoms with E-state index in [2.05, 4.69) is 0 Å². The van der Waals surface area contributed by atoms with Crippen LogP contribution in [0.15, 0.2) is 48.5 Å². The first-order valence-corrected chi connectivity index (χ1v) is 11.8. The molecule has 1 fully saturated rings. The van der Waals surface area contributed by atoms with E-state index in [4.69, 9.17) is 23.7 Å². The van der Waals surface area contributed by atoms with E-state index in [1.807, 2.05) is 0 Å². The van der Waals surface area contributed by atoms with E-state index in [9.17, 15) is 23.9 Å². The first-order chi connectivity index (χ1) is 17.7. The minimum Gasteiger partial charge on any atom is -0.463 e. The van der Waals surface area contributed by atoms with Crippen LogP contribution in [0.2, 0.25) is 0 Å². The molecule has 0 unspecified atom stereocenters. The van der Waals surface area contributed by atoms with Gasteiger partial charge in [0.25, 0.3) is 0 Å². The molecule has 0 aliphatic heterocycles. The smallest absolute Gasteiger partial charge is 0.317 e. The maximum atomic E-state index is 14.7. The number of ketones is 1. The number of para-hydroxylation sites is 1. The molecule has 0 aromatic heterocycles. The Labute approximate surface area is 214 Å². The summed E-state index contributed by atoms with van der Waals surface area (Å²) in [4.78, 5) is 39.5. The summed E-state index contributed by atoms with van der Waals surface area (Å²) in [5.41, 5.74) is -1.63. The van der Waals surface area contributed by atoms with Crippen molar-refractivity contribution in [1.82, 2.24) is 0 Å². The zero-order valence-corrected chi connectivity index (χ0v) is 21.0. The topological polar surface area (TPSA) is 118 Å². The molecule has 9 nitrogen and oxygen atoms in total. The summed E-state index contributed by atoms with van der Waals surface area (Å²) in [6.07, 6.45) is -0.480. The molecule has 0 bridgehead atoms. The molecule has 1 aliphatic carbocycles. The number of aliphatic hydroxyl groups is 1. The molecule has 1 saturated carbocycles. The third-order valence-electron chi connectivity index (χ3n) is 6.15. The third-order valence-corrected chi connectivity index (χ3v) is 6.15. The van der Waals surface area contributed by atoms with E-state index >= 15 is 0 Å². The average molecular weight is 519 g/mol. The van der Waals surface area contributed by atoms with E-state index in [1.165, 1.54) is 33.3 Å². The van der Waals surface area contributed by atoms with Crippen molar-refractivity contribution in [2.45, 2.75) is 24.9 Å². The highest BCUT2D eigenvalue weighted by atomic mass is 19.1. The van der Waals surface area contributed by atoms with E-state index in [0.29, 0.717) is 5.75 Å². The second kappa shape index (κ2) is 12.8. The first-order valence-electron chi connectivity index (χ1n) is 11.8. The van der Waals surface area contributed by atoms with Crippen molar-refractivity contribution in [2.75, 3.05) is 40.6 Å². The number of hydrogen-bond donors (Lipinski definition) is 1. The molecule has 10 heteroatoms. The fourth-order valence-electron chi connectivity index (χ4n) is 4.47. The van der Waals surface area contributed by atoms with Gasteiger partial charge in [0, 0.05) is 26.6 Å². The van der Waals surface area contributed by atoms with Gasteiger partial charge in [0.1, 0.15) is 24.9 Å². The molecular formula is C27H31FO9. The zero-order valence-electron chi connectivity index (χ0n) is 21.0. The van der Waals surface area contributed by atoms with Crippen LogP contribution in [-0.2, 0) is 33.3 Å². The predicted molar refractivity (Wildman–Crippen MR) is 129 cm³/mol. The number of carbonyl (C=O) groups is 3. The van der Waals surface area contributed by atoms with Crippen LogP contribution in [0.5, 0.6) is 11.5 Å². The van der Waals surface area contributed by atoms with Gasteiger partial charge in [0.05, 0.1) is 24.7 Å². The minimum atomic E-state index is -1.86. The number of hydrogen-bond acceptors (Lipinski definition) is 9. The molecule has 37 heavy (non-hydrogen) atoms. The van der Waals surface area contributed by atoms with Gasteiger partial charge >= 0.3 is 11.9 Å². The van der Waals surface area contributed by atoms with Crippen LogP contribution in [0, 0.1) is 17.7 Å². The van der Waals surface area contributed by atoms with Crippen molar-refractivity contribution >= 4 is 17.7 Å². The Morgan fingerprint density at radius 3 is 2.22 bits per heavy atom. The van der Waals surface area contributed by atoms with Gasteiger partial charge in [0.2, 0.25) is 0 Å². The normalized spacial score (nSPS) is 23.4. The molecule has 4 atom stereocenters. The number of esters is 2. The lowest BCUT2D eigenvalue weighted by atomic mass is 9.61. The highest BCUT2D eigenvalue weighted by Crippen LogP contribution is 2.47. The van der Waals surface area contributed by atoms with Gasteiger partial charge in [-0.15, -0.1) is 0 Å². The molecule has 1 N–H and O–H groups in total. The Morgan fingerprint density at radius 1 is 0.973 bits per heavy atom. The van der Waals surface area contributed by atoms with Crippen LogP contribution in [0.3, 0.4) is 0 Å². The number of methoxy groups -OCH3 is 2. The number of rotatable bonds is 11. The molecule has 3 rings (SSSR count). The van der Waals surface area contributed by atoms with Crippen LogP contribution in [0.25, 0.3) is 0 Å². The number of halogens is 1. The Bertz CT molecular complexity index is 1090. The van der Waals surface area contributed by atoms with E-state index < -0.39 is 53.3 Å². The Balaban J connectivity index is 2.07. The van der Waals surface area contributed by atoms with Crippen molar-refractivity contribution in [3.8, 4) is 11.5 Å². The fraction of sp³-hybridized carbons (Fsp3) is 0.444. The molecule has 0 heterocycles. The van der Waals surface area contributed by atoms with Crippen molar-refractivity contribution in [3.63, 3.8) is 0 Å². The van der Waals surface area contributed by atoms with Gasteiger partial charge in [-0.05, 0) is 36.8 Å². The fourth-order valence-corrected chi connectivity index (χ4v) is 4.47. The first kappa shape index (κ1) is 28.2. The summed E-state index contributed by atoms with van der Waals surface area (Å²) in [6, 6.07) is 12.2. The minimum absolute atomic E-state index is 0.0999. The van der Waals surface area contributed by atoms with E-state index in [1.54, 1.807) is 30.3 Å². The number of Topliss-reactive ketones (excluding diaryl/α,β-unsaturated/α-hetero) is 1. The van der Waals surface area contributed by atoms with E-state index in [0.717, 1.165) is 6.07 Å². The molecule has 0 spiro atoms. The number of benzene rings is 2. The third kappa shape index (κ3) is 6.91. The highest BCUT2D eigenvalue weighted by Gasteiger charge is 2.57. The quantitative estimate of drug-likeness (QED) is 0.272. The zero-order chi connectivity index (χ0) is 27.0. The van der Waals surface area contributed by atoms with Crippen LogP contribution in [0.1, 0.15) is 24.8 Å². The molecule has 200 valence electrons. The van der Waals surface area contributed by atoms with Gasteiger partial charge < -0.3 is 28.8 Å². The number of ether oxygens (including phenoxy) is 5. The molecule has 0 radical (unpaired) electrons. The van der Waals surface area contributed by atoms with Crippen molar-refractivity contribution in [1.29, 1.82) is 0 Å². The summed E-state index contributed by atoms with van der Waals surface area (Å²) < 4.78 is 40.8. The van der Waals surface area contributed by atoms with Gasteiger partial charge in [-0.3, -0.25) is 14.4 Å². The largest absolute Gasteiger partial charge is 0.463 e. The van der Waals surface area contributed by atoms with Gasteiger partial charge in [-0.2, -0.15) is 0 Å². The lowest BCUT2D eigenvalue weighted by molar-refractivity contribution is -0.174. The number of carbonyl (C=O) groups excluding carboxylic acids is 3. The lowest BCUT2D eigenvalue weighted by Crippen LogP contribution is -2.55. The standard InChI is InChI=1S/C27H31FO9/c1-27(32)16-20(29)23(25(30)35-13-11-33-2)22(24(27)26(31)36-14-12-34-3)17-9-10-19(28)21(15-17)37-18-7-5-4-6-8-18/h4-10,15,22-24,32H,11-14,16H2,1-3H3/t22-,23-,24+,27+/m0/s1. The monoisotopic (exact) mass is 518 g/mol. The van der Waals surface area contributed by atoms with Crippen LogP contribution in [0.4, 0.5) is 4.39 Å². The van der Waals surface area contributed by atoms with Crippen molar-refractivity contribution < 1.29 is 47.6 Å². The molecule has 2 aromatic rings. The maximum Gasteiger partial charge on any atom is 0.317 e. The van der Waals surface area contributed by atoms with Crippen molar-refractivity contribution in [3.05, 3.63) is 59.9 Å². The predicted octanol–water partition coefficient (Wildman–Crippen LogP) is 3.04. The lowest BCUT2D eigenvalue weighted by Gasteiger charge is -2.43. The summed E-state index contributed by atoms with van der Waals surface area (Å²) in [6.45, 7) is 1.33. The summed E-state index contributed by atoms with van der Waals surface area (Å²) in [7, 11) is 2.86. The maximum absolute atomic E-state index is 14.7. The molecular weight excluding hydrogens is 487 g/mol. The van der Waals surface area contributed by atoms with Gasteiger partial charge in [-0.25, -0.2) is 4.39 Å². The van der Waals surface area contributed by atoms with Crippen LogP contribution in [-0.4, -0.2) is 69.1 Å². The SMILES string of the molecule is COCCOC(=O)[C@H]1C(=O)C[C@@](C)(O)[C@@H](C(=O)OCCOC)[C@H]1c1ccc(F)c(Oc2ccccc2)c1. The summed E-state index contributed by atoms with van der Waals surface area (Å²) >= 11 is 0. The second-order valence-corrected chi connectivity index (χ2v) is 8.91. The van der Waals surface area contributed by atoms with E-state index in [-0.39, 0.29) is 37.7 Å². The highest BCUT2D eigenvalue weighted by molar-refractivity contribution is 6.02. The Morgan fingerprint density at radius 2 is 1.59 bits per heavy atom. The summed E-state index contributed by atoms with van der Waals surface area (Å²) in [5, 5.41) is 11.2. The van der Waals surface area contributed by atoms with Crippen LogP contribution < -0.4 is 4.74 Å². The second-order valence-electron chi connectivity index (χ2n) is 8.91. The average Bonchev–Trinajstić information content (AvgIpc) is 2.85. The molecule has 0 saturated heterocycles.